The summed E-state index contributed by atoms with van der Waals surface area (Å²) in [6.45, 7) is 1.63. The van der Waals surface area contributed by atoms with Gasteiger partial charge in [-0.25, -0.2) is 17.5 Å². The molecule has 0 spiro atoms. The van der Waals surface area contributed by atoms with Crippen molar-refractivity contribution in [3.63, 3.8) is 0 Å². The normalized spacial score (nSPS) is 12.6. The van der Waals surface area contributed by atoms with Crippen molar-refractivity contribution in [3.8, 4) is 0 Å². The Morgan fingerprint density at radius 1 is 1.30 bits per heavy atom. The lowest BCUT2D eigenvalue weighted by molar-refractivity contribution is -0.122. The Hall–Kier alpha value is -2.28. The topological polar surface area (TPSA) is 76.1 Å². The van der Waals surface area contributed by atoms with Gasteiger partial charge in [-0.2, -0.15) is 0 Å². The highest BCUT2D eigenvalue weighted by Gasteiger charge is 2.21. The van der Waals surface area contributed by atoms with E-state index in [1.165, 1.54) is 36.7 Å². The molecule has 1 aromatic carbocycles. The number of benzene rings is 1. The fourth-order valence-electron chi connectivity index (χ4n) is 2.00. The van der Waals surface area contributed by atoms with Crippen molar-refractivity contribution in [2.45, 2.75) is 24.7 Å². The summed E-state index contributed by atoms with van der Waals surface area (Å²) in [4.78, 5) is 15.7. The van der Waals surface area contributed by atoms with Gasteiger partial charge in [-0.05, 0) is 42.7 Å². The number of aryl methyl sites for hydroxylation is 1. The van der Waals surface area contributed by atoms with Crippen molar-refractivity contribution >= 4 is 15.9 Å². The number of carbonyl (C=O) groups is 1. The standard InChI is InChI=1S/C16H17FN2O3S/c1-12(7-8-13-4-2-5-14(17)10-13)16(20)19-23(21,22)15-6-3-9-18-11-15/h2-6,9-12H,7-8H2,1H3,(H,19,20). The molecule has 0 aliphatic heterocycles. The number of sulfonamides is 1. The van der Waals surface area contributed by atoms with Crippen LogP contribution in [0.4, 0.5) is 4.39 Å². The van der Waals surface area contributed by atoms with Crippen molar-refractivity contribution in [2.24, 2.45) is 5.92 Å². The maximum Gasteiger partial charge on any atom is 0.265 e. The molecule has 5 nitrogen and oxygen atoms in total. The number of carbonyl (C=O) groups excluding carboxylic acids is 1. The Bertz CT molecular complexity index is 779. The van der Waals surface area contributed by atoms with Gasteiger partial charge in [-0.1, -0.05) is 19.1 Å². The Kier molecular flexibility index (Phi) is 5.44. The minimum absolute atomic E-state index is 0.0642. The van der Waals surface area contributed by atoms with E-state index in [-0.39, 0.29) is 10.7 Å². The molecule has 1 N–H and O–H groups in total. The van der Waals surface area contributed by atoms with E-state index in [0.29, 0.717) is 12.8 Å². The van der Waals surface area contributed by atoms with E-state index in [1.807, 2.05) is 4.72 Å². The molecule has 1 heterocycles. The van der Waals surface area contributed by atoms with Gasteiger partial charge in [0.1, 0.15) is 10.7 Å². The molecule has 0 fully saturated rings. The maximum absolute atomic E-state index is 13.1. The van der Waals surface area contributed by atoms with Crippen LogP contribution in [-0.2, 0) is 21.2 Å². The van der Waals surface area contributed by atoms with Crippen LogP contribution in [0.25, 0.3) is 0 Å². The minimum atomic E-state index is -3.92. The Balaban J connectivity index is 1.95. The molecule has 2 aromatic rings. The van der Waals surface area contributed by atoms with Gasteiger partial charge < -0.3 is 0 Å². The zero-order valence-electron chi connectivity index (χ0n) is 12.6. The average Bonchev–Trinajstić information content (AvgIpc) is 2.53. The Morgan fingerprint density at radius 3 is 2.74 bits per heavy atom. The Morgan fingerprint density at radius 2 is 2.09 bits per heavy atom. The van der Waals surface area contributed by atoms with Gasteiger partial charge in [0.05, 0.1) is 0 Å². The van der Waals surface area contributed by atoms with Crippen LogP contribution >= 0.6 is 0 Å². The van der Waals surface area contributed by atoms with Crippen LogP contribution in [0.2, 0.25) is 0 Å². The fourth-order valence-corrected chi connectivity index (χ4v) is 3.05. The predicted octanol–water partition coefficient (Wildman–Crippen LogP) is 2.29. The Labute approximate surface area is 134 Å². The number of amides is 1. The average molecular weight is 336 g/mol. The molecule has 0 radical (unpaired) electrons. The molecule has 1 unspecified atom stereocenters. The van der Waals surface area contributed by atoms with E-state index >= 15 is 0 Å². The van der Waals surface area contributed by atoms with Crippen LogP contribution in [0.3, 0.4) is 0 Å². The van der Waals surface area contributed by atoms with E-state index in [2.05, 4.69) is 4.98 Å². The second-order valence-corrected chi connectivity index (χ2v) is 6.91. The summed E-state index contributed by atoms with van der Waals surface area (Å²) < 4.78 is 39.2. The lowest BCUT2D eigenvalue weighted by atomic mass is 10.0. The molecular formula is C16H17FN2O3S. The molecule has 0 aliphatic carbocycles. The van der Waals surface area contributed by atoms with E-state index in [0.717, 1.165) is 5.56 Å². The predicted molar refractivity (Wildman–Crippen MR) is 83.5 cm³/mol. The van der Waals surface area contributed by atoms with E-state index in [9.17, 15) is 17.6 Å². The summed E-state index contributed by atoms with van der Waals surface area (Å²) in [6, 6.07) is 8.95. The molecular weight excluding hydrogens is 319 g/mol. The van der Waals surface area contributed by atoms with Crippen LogP contribution < -0.4 is 4.72 Å². The summed E-state index contributed by atoms with van der Waals surface area (Å²) in [6.07, 6.45) is 3.52. The first-order chi connectivity index (χ1) is 10.9. The molecule has 23 heavy (non-hydrogen) atoms. The number of nitrogens with zero attached hydrogens (tertiary/aromatic N) is 1. The lowest BCUT2D eigenvalue weighted by Crippen LogP contribution is -2.34. The number of hydrogen-bond acceptors (Lipinski definition) is 4. The summed E-state index contributed by atoms with van der Waals surface area (Å²) in [5, 5.41) is 0. The second-order valence-electron chi connectivity index (χ2n) is 5.23. The molecule has 0 aliphatic rings. The summed E-state index contributed by atoms with van der Waals surface area (Å²) in [7, 11) is -3.92. The highest BCUT2D eigenvalue weighted by Crippen LogP contribution is 2.13. The van der Waals surface area contributed by atoms with Crippen molar-refractivity contribution in [1.29, 1.82) is 0 Å². The first kappa shape index (κ1) is 17.1. The molecule has 122 valence electrons. The molecule has 2 rings (SSSR count). The number of aromatic nitrogens is 1. The van der Waals surface area contributed by atoms with Gasteiger partial charge in [-0.3, -0.25) is 9.78 Å². The third kappa shape index (κ3) is 4.85. The van der Waals surface area contributed by atoms with Crippen molar-refractivity contribution in [3.05, 3.63) is 60.2 Å². The maximum atomic E-state index is 13.1. The van der Waals surface area contributed by atoms with Gasteiger partial charge >= 0.3 is 0 Å². The number of rotatable bonds is 6. The third-order valence-corrected chi connectivity index (χ3v) is 4.71. The van der Waals surface area contributed by atoms with Crippen LogP contribution in [-0.4, -0.2) is 19.3 Å². The number of nitrogens with one attached hydrogen (secondary N) is 1. The van der Waals surface area contributed by atoms with Crippen molar-refractivity contribution < 1.29 is 17.6 Å². The molecule has 1 amide bonds. The molecule has 0 bridgehead atoms. The summed E-state index contributed by atoms with van der Waals surface area (Å²) in [5.74, 6) is -1.45. The highest BCUT2D eigenvalue weighted by molar-refractivity contribution is 7.90. The van der Waals surface area contributed by atoms with Crippen LogP contribution in [0, 0.1) is 11.7 Å². The van der Waals surface area contributed by atoms with Crippen LogP contribution in [0.5, 0.6) is 0 Å². The van der Waals surface area contributed by atoms with Gasteiger partial charge in [0.15, 0.2) is 0 Å². The quantitative estimate of drug-likeness (QED) is 0.878. The summed E-state index contributed by atoms with van der Waals surface area (Å²) >= 11 is 0. The van der Waals surface area contributed by atoms with E-state index < -0.39 is 21.8 Å². The molecule has 1 atom stereocenters. The van der Waals surface area contributed by atoms with E-state index in [1.54, 1.807) is 19.1 Å². The SMILES string of the molecule is CC(CCc1cccc(F)c1)C(=O)NS(=O)(=O)c1cccnc1. The lowest BCUT2D eigenvalue weighted by Gasteiger charge is -2.12. The second kappa shape index (κ2) is 7.32. The fraction of sp³-hybridized carbons (Fsp3) is 0.250. The zero-order chi connectivity index (χ0) is 16.9. The third-order valence-electron chi connectivity index (χ3n) is 3.38. The smallest absolute Gasteiger partial charge is 0.265 e. The monoisotopic (exact) mass is 336 g/mol. The van der Waals surface area contributed by atoms with Crippen LogP contribution in [0.1, 0.15) is 18.9 Å². The summed E-state index contributed by atoms with van der Waals surface area (Å²) in [5.41, 5.74) is 0.764. The van der Waals surface area contributed by atoms with Gasteiger partial charge in [0.2, 0.25) is 5.91 Å². The minimum Gasteiger partial charge on any atom is -0.274 e. The molecule has 0 saturated heterocycles. The number of hydrogen-bond donors (Lipinski definition) is 1. The number of halogens is 1. The van der Waals surface area contributed by atoms with Crippen molar-refractivity contribution in [1.82, 2.24) is 9.71 Å². The largest absolute Gasteiger partial charge is 0.274 e. The van der Waals surface area contributed by atoms with Crippen LogP contribution in [0.15, 0.2) is 53.7 Å². The first-order valence-electron chi connectivity index (χ1n) is 7.09. The molecule has 1 aromatic heterocycles. The van der Waals surface area contributed by atoms with E-state index in [4.69, 9.17) is 0 Å². The number of pyridine rings is 1. The van der Waals surface area contributed by atoms with Gasteiger partial charge in [-0.15, -0.1) is 0 Å². The molecule has 7 heteroatoms. The first-order valence-corrected chi connectivity index (χ1v) is 8.58. The van der Waals surface area contributed by atoms with Gasteiger partial charge in [0, 0.05) is 18.3 Å². The molecule has 0 saturated carbocycles. The highest BCUT2D eigenvalue weighted by atomic mass is 32.2. The van der Waals surface area contributed by atoms with Crippen molar-refractivity contribution in [2.75, 3.05) is 0 Å². The zero-order valence-corrected chi connectivity index (χ0v) is 13.4. The van der Waals surface area contributed by atoms with Gasteiger partial charge in [0.25, 0.3) is 10.0 Å².